The number of thiophene rings is 1. The van der Waals surface area contributed by atoms with Gasteiger partial charge in [-0.3, -0.25) is 4.79 Å². The molecule has 0 spiro atoms. The van der Waals surface area contributed by atoms with Gasteiger partial charge in [-0.15, -0.1) is 11.3 Å². The molecule has 2 N–H and O–H groups in total. The highest BCUT2D eigenvalue weighted by Gasteiger charge is 2.24. The Balaban J connectivity index is 1.95. The van der Waals surface area contributed by atoms with E-state index in [9.17, 15) is 4.79 Å². The van der Waals surface area contributed by atoms with Crippen LogP contribution in [0.25, 0.3) is 0 Å². The van der Waals surface area contributed by atoms with E-state index < -0.39 is 0 Å². The first-order valence-electron chi connectivity index (χ1n) is 6.98. The minimum absolute atomic E-state index is 0.0984. The molecular formula is C16H18N2OS. The number of carbonyl (C=O) groups is 1. The average Bonchev–Trinajstić information content (AvgIpc) is 2.94. The lowest BCUT2D eigenvalue weighted by Gasteiger charge is -2.29. The van der Waals surface area contributed by atoms with Crippen molar-refractivity contribution in [3.63, 3.8) is 0 Å². The van der Waals surface area contributed by atoms with Crippen molar-refractivity contribution in [2.45, 2.75) is 26.2 Å². The van der Waals surface area contributed by atoms with Gasteiger partial charge in [0.2, 0.25) is 0 Å². The molecule has 1 aromatic heterocycles. The Labute approximate surface area is 123 Å². The van der Waals surface area contributed by atoms with Gasteiger partial charge in [-0.25, -0.2) is 0 Å². The number of nitrogens with two attached hydrogens (primary N) is 1. The van der Waals surface area contributed by atoms with Crippen LogP contribution in [0.4, 0.5) is 11.4 Å². The smallest absolute Gasteiger partial charge is 0.268 e. The van der Waals surface area contributed by atoms with Crippen LogP contribution in [0.1, 0.15) is 33.5 Å². The number of anilines is 2. The van der Waals surface area contributed by atoms with E-state index >= 15 is 0 Å². The van der Waals surface area contributed by atoms with E-state index in [0.29, 0.717) is 5.69 Å². The largest absolute Gasteiger partial charge is 0.399 e. The van der Waals surface area contributed by atoms with Gasteiger partial charge in [0.25, 0.3) is 5.91 Å². The number of aryl methyl sites for hydroxylation is 2. The standard InChI is InChI=1S/C16H18N2OS/c1-2-13-7-8-15(20-13)16(19)18-9-3-4-11-5-6-12(17)10-14(11)18/h5-8,10H,2-4,9,17H2,1H3. The van der Waals surface area contributed by atoms with E-state index in [1.807, 2.05) is 35.2 Å². The maximum atomic E-state index is 12.7. The number of rotatable bonds is 2. The summed E-state index contributed by atoms with van der Waals surface area (Å²) in [6.45, 7) is 2.88. The molecule has 4 heteroatoms. The molecule has 20 heavy (non-hydrogen) atoms. The van der Waals surface area contributed by atoms with E-state index in [2.05, 4.69) is 6.92 Å². The molecule has 3 rings (SSSR count). The van der Waals surface area contributed by atoms with E-state index in [-0.39, 0.29) is 5.91 Å². The highest BCUT2D eigenvalue weighted by molar-refractivity contribution is 7.14. The maximum absolute atomic E-state index is 12.7. The molecule has 1 aromatic carbocycles. The van der Waals surface area contributed by atoms with Gasteiger partial charge < -0.3 is 10.6 Å². The number of hydrogen-bond acceptors (Lipinski definition) is 3. The van der Waals surface area contributed by atoms with Crippen molar-refractivity contribution in [1.29, 1.82) is 0 Å². The Bertz CT molecular complexity index is 648. The molecule has 0 radical (unpaired) electrons. The average molecular weight is 286 g/mol. The third kappa shape index (κ3) is 2.31. The summed E-state index contributed by atoms with van der Waals surface area (Å²) in [5, 5.41) is 0. The zero-order chi connectivity index (χ0) is 14.1. The Morgan fingerprint density at radius 2 is 2.20 bits per heavy atom. The van der Waals surface area contributed by atoms with Crippen LogP contribution >= 0.6 is 11.3 Å². The second kappa shape index (κ2) is 5.29. The first-order valence-corrected chi connectivity index (χ1v) is 7.79. The fourth-order valence-corrected chi connectivity index (χ4v) is 3.51. The zero-order valence-electron chi connectivity index (χ0n) is 11.6. The zero-order valence-corrected chi connectivity index (χ0v) is 12.4. The molecule has 0 unspecified atom stereocenters. The molecule has 0 bridgehead atoms. The summed E-state index contributed by atoms with van der Waals surface area (Å²) in [5.41, 5.74) is 8.78. The summed E-state index contributed by atoms with van der Waals surface area (Å²) in [4.78, 5) is 16.6. The number of nitrogen functional groups attached to an aromatic ring is 1. The summed E-state index contributed by atoms with van der Waals surface area (Å²) in [6, 6.07) is 9.85. The molecule has 0 saturated heterocycles. The molecule has 0 saturated carbocycles. The summed E-state index contributed by atoms with van der Waals surface area (Å²) in [6.07, 6.45) is 3.00. The van der Waals surface area contributed by atoms with Crippen molar-refractivity contribution in [3.05, 3.63) is 45.6 Å². The first-order chi connectivity index (χ1) is 9.69. The van der Waals surface area contributed by atoms with Crippen molar-refractivity contribution in [2.75, 3.05) is 17.2 Å². The normalized spacial score (nSPS) is 14.2. The van der Waals surface area contributed by atoms with Gasteiger partial charge in [-0.05, 0) is 49.1 Å². The molecule has 0 aliphatic carbocycles. The SMILES string of the molecule is CCc1ccc(C(=O)N2CCCc3ccc(N)cc32)s1. The Kier molecular flexibility index (Phi) is 3.49. The van der Waals surface area contributed by atoms with Gasteiger partial charge in [0.1, 0.15) is 0 Å². The minimum atomic E-state index is 0.0984. The number of nitrogens with zero attached hydrogens (tertiary/aromatic N) is 1. The van der Waals surface area contributed by atoms with E-state index in [0.717, 1.165) is 36.4 Å². The van der Waals surface area contributed by atoms with E-state index in [1.165, 1.54) is 10.4 Å². The Hall–Kier alpha value is -1.81. The summed E-state index contributed by atoms with van der Waals surface area (Å²) >= 11 is 1.59. The van der Waals surface area contributed by atoms with Crippen LogP contribution in [0.5, 0.6) is 0 Å². The molecule has 104 valence electrons. The van der Waals surface area contributed by atoms with Crippen LogP contribution in [0.2, 0.25) is 0 Å². The topological polar surface area (TPSA) is 46.3 Å². The second-order valence-electron chi connectivity index (χ2n) is 5.07. The summed E-state index contributed by atoms with van der Waals surface area (Å²) < 4.78 is 0. The molecule has 0 fully saturated rings. The molecule has 0 atom stereocenters. The highest BCUT2D eigenvalue weighted by Crippen LogP contribution is 2.31. The third-order valence-electron chi connectivity index (χ3n) is 3.69. The fraction of sp³-hybridized carbons (Fsp3) is 0.312. The summed E-state index contributed by atoms with van der Waals surface area (Å²) in [7, 11) is 0. The van der Waals surface area contributed by atoms with Gasteiger partial charge in [0.15, 0.2) is 0 Å². The van der Waals surface area contributed by atoms with Crippen LogP contribution in [0.15, 0.2) is 30.3 Å². The maximum Gasteiger partial charge on any atom is 0.268 e. The van der Waals surface area contributed by atoms with Crippen LogP contribution < -0.4 is 10.6 Å². The lowest BCUT2D eigenvalue weighted by molar-refractivity contribution is 0.0989. The highest BCUT2D eigenvalue weighted by atomic mass is 32.1. The van der Waals surface area contributed by atoms with Gasteiger partial charge >= 0.3 is 0 Å². The molecule has 1 aliphatic heterocycles. The van der Waals surface area contributed by atoms with Gasteiger partial charge in [-0.2, -0.15) is 0 Å². The van der Waals surface area contributed by atoms with E-state index in [1.54, 1.807) is 11.3 Å². The first kappa shape index (κ1) is 13.2. The monoisotopic (exact) mass is 286 g/mol. The molecule has 2 heterocycles. The van der Waals surface area contributed by atoms with Crippen molar-refractivity contribution in [2.24, 2.45) is 0 Å². The molecule has 3 nitrogen and oxygen atoms in total. The van der Waals surface area contributed by atoms with Crippen molar-refractivity contribution in [3.8, 4) is 0 Å². The van der Waals surface area contributed by atoms with Gasteiger partial charge in [0.05, 0.1) is 4.88 Å². The Morgan fingerprint density at radius 3 is 2.95 bits per heavy atom. The molecular weight excluding hydrogens is 268 g/mol. The third-order valence-corrected chi connectivity index (χ3v) is 4.91. The number of carbonyl (C=O) groups excluding carboxylic acids is 1. The predicted octanol–water partition coefficient (Wildman–Crippen LogP) is 3.49. The minimum Gasteiger partial charge on any atom is -0.399 e. The van der Waals surface area contributed by atoms with Crippen LogP contribution in [-0.2, 0) is 12.8 Å². The molecule has 2 aromatic rings. The quantitative estimate of drug-likeness (QED) is 0.859. The lowest BCUT2D eigenvalue weighted by atomic mass is 10.0. The lowest BCUT2D eigenvalue weighted by Crippen LogP contribution is -2.35. The van der Waals surface area contributed by atoms with Crippen LogP contribution in [-0.4, -0.2) is 12.5 Å². The second-order valence-corrected chi connectivity index (χ2v) is 6.24. The summed E-state index contributed by atoms with van der Waals surface area (Å²) in [5.74, 6) is 0.0984. The fourth-order valence-electron chi connectivity index (χ4n) is 2.62. The van der Waals surface area contributed by atoms with E-state index in [4.69, 9.17) is 5.73 Å². The van der Waals surface area contributed by atoms with Gasteiger partial charge in [-0.1, -0.05) is 13.0 Å². The number of fused-ring (bicyclic) bond motifs is 1. The van der Waals surface area contributed by atoms with Crippen molar-refractivity contribution < 1.29 is 4.79 Å². The number of hydrogen-bond donors (Lipinski definition) is 1. The molecule has 1 aliphatic rings. The number of benzene rings is 1. The van der Waals surface area contributed by atoms with Crippen LogP contribution in [0.3, 0.4) is 0 Å². The predicted molar refractivity (Wildman–Crippen MR) is 84.5 cm³/mol. The van der Waals surface area contributed by atoms with Crippen LogP contribution in [0, 0.1) is 0 Å². The number of amides is 1. The Morgan fingerprint density at radius 1 is 1.35 bits per heavy atom. The molecule has 1 amide bonds. The van der Waals surface area contributed by atoms with Gasteiger partial charge in [0, 0.05) is 22.8 Å². The van der Waals surface area contributed by atoms with Crippen molar-refractivity contribution in [1.82, 2.24) is 0 Å². The van der Waals surface area contributed by atoms with Crippen molar-refractivity contribution >= 4 is 28.6 Å².